The molecule has 0 nitrogen and oxygen atoms in total. The van der Waals surface area contributed by atoms with Gasteiger partial charge in [0.15, 0.2) is 0 Å². The van der Waals surface area contributed by atoms with Crippen LogP contribution < -0.4 is 0 Å². The van der Waals surface area contributed by atoms with Gasteiger partial charge in [0.05, 0.1) is 0 Å². The Kier molecular flexibility index (Phi) is 18.1. The Balaban J connectivity index is 0. The van der Waals surface area contributed by atoms with E-state index in [0.717, 1.165) is 0 Å². The summed E-state index contributed by atoms with van der Waals surface area (Å²) in [6.07, 6.45) is 5.54. The summed E-state index contributed by atoms with van der Waals surface area (Å²) in [6, 6.07) is 0. The van der Waals surface area contributed by atoms with Gasteiger partial charge < -0.3 is 0 Å². The van der Waals surface area contributed by atoms with E-state index >= 15 is 0 Å². The van der Waals surface area contributed by atoms with Crippen molar-refractivity contribution in [2.45, 2.75) is 39.5 Å². The van der Waals surface area contributed by atoms with Gasteiger partial charge in [0.2, 0.25) is 0 Å². The minimum absolute atomic E-state index is 1.19. The van der Waals surface area contributed by atoms with Crippen LogP contribution >= 0.6 is 30.4 Å². The molecule has 0 aromatic heterocycles. The molecule has 0 N–H and O–H groups in total. The summed E-state index contributed by atoms with van der Waals surface area (Å²) in [5, 5.41) is 0. The first-order valence-electron chi connectivity index (χ1n) is 3.29. The van der Waals surface area contributed by atoms with Crippen LogP contribution in [0.25, 0.3) is 0 Å². The van der Waals surface area contributed by atoms with Crippen molar-refractivity contribution in [1.29, 1.82) is 0 Å². The minimum atomic E-state index is -1.19. The fourth-order valence-electron chi connectivity index (χ4n) is 0.500. The van der Waals surface area contributed by atoms with Crippen LogP contribution in [0.3, 0.4) is 0 Å². The first kappa shape index (κ1) is 13.9. The van der Waals surface area contributed by atoms with E-state index in [1.807, 2.05) is 0 Å². The van der Waals surface area contributed by atoms with Gasteiger partial charge in [-0.05, 0) is 0 Å². The van der Waals surface area contributed by atoms with E-state index < -0.39 is 10.9 Å². The molecule has 0 unspecified atom stereocenters. The van der Waals surface area contributed by atoms with E-state index in [-0.39, 0.29) is 0 Å². The molecule has 0 radical (unpaired) electrons. The molecule has 0 spiro atoms. The van der Waals surface area contributed by atoms with Crippen LogP contribution in [-0.2, 0) is 10.9 Å². The Labute approximate surface area is 80.7 Å². The van der Waals surface area contributed by atoms with E-state index in [1.165, 1.54) is 25.7 Å². The maximum absolute atomic E-state index is 4.87. The van der Waals surface area contributed by atoms with Crippen LogP contribution in [0.4, 0.5) is 0 Å². The first-order valence-corrected chi connectivity index (χ1v) is 7.59. The summed E-state index contributed by atoms with van der Waals surface area (Å²) in [7, 11) is 13.4. The molecule has 0 aliphatic heterocycles. The van der Waals surface area contributed by atoms with Gasteiger partial charge in [-0.1, -0.05) is 39.5 Å². The molecule has 0 amide bonds. The number of hydrogen-bond donors (Lipinski definition) is 0. The Morgan fingerprint density at radius 3 is 1.20 bits per heavy atom. The van der Waals surface area contributed by atoms with Crippen LogP contribution in [0.15, 0.2) is 0 Å². The molecule has 0 aromatic carbocycles. The summed E-state index contributed by atoms with van der Waals surface area (Å²) in [5.74, 6) is 0. The van der Waals surface area contributed by atoms with Gasteiger partial charge in [0, 0.05) is 0 Å². The van der Waals surface area contributed by atoms with Crippen molar-refractivity contribution in [3.63, 3.8) is 0 Å². The Morgan fingerprint density at radius 1 is 0.900 bits per heavy atom. The number of unbranched alkanes of at least 4 members (excludes halogenated alkanes) is 3. The third-order valence-corrected chi connectivity index (χ3v) is 0.957. The zero-order valence-corrected chi connectivity index (χ0v) is 9.60. The predicted octanol–water partition coefficient (Wildman–Crippen LogP) is 4.65. The van der Waals surface area contributed by atoms with Crippen LogP contribution in [0.2, 0.25) is 0 Å². The van der Waals surface area contributed by atoms with Crippen LogP contribution in [0.1, 0.15) is 39.5 Å². The van der Waals surface area contributed by atoms with Gasteiger partial charge in [0.25, 0.3) is 0 Å². The number of halogens is 3. The van der Waals surface area contributed by atoms with Crippen molar-refractivity contribution < 1.29 is 10.9 Å². The van der Waals surface area contributed by atoms with E-state index in [4.69, 9.17) is 30.4 Å². The predicted molar refractivity (Wildman–Crippen MR) is 47.4 cm³/mol. The van der Waals surface area contributed by atoms with Crippen molar-refractivity contribution in [1.82, 2.24) is 0 Å². The second-order valence-electron chi connectivity index (χ2n) is 1.85. The third kappa shape index (κ3) is 34.3. The average Bonchev–Trinajstić information content (AvgIpc) is 1.82. The molecule has 68 valence electrons. The molecule has 10 heavy (non-hydrogen) atoms. The second-order valence-corrected chi connectivity index (χ2v) is 7.01. The zero-order chi connectivity index (χ0) is 8.41. The molecule has 0 aromatic rings. The topological polar surface area (TPSA) is 0 Å². The van der Waals surface area contributed by atoms with Crippen molar-refractivity contribution in [3.8, 4) is 0 Å². The van der Waals surface area contributed by atoms with Gasteiger partial charge in [0.1, 0.15) is 0 Å². The number of rotatable bonds is 3. The maximum atomic E-state index is 4.87. The van der Waals surface area contributed by atoms with Crippen molar-refractivity contribution in [3.05, 3.63) is 0 Å². The SMILES string of the molecule is CCCCCC.[Cl][Co]([Cl])[Cl]. The molecule has 4 heteroatoms. The van der Waals surface area contributed by atoms with Gasteiger partial charge in [-0.25, -0.2) is 0 Å². The van der Waals surface area contributed by atoms with Gasteiger partial charge in [-0.2, -0.15) is 0 Å². The van der Waals surface area contributed by atoms with E-state index in [2.05, 4.69) is 13.8 Å². The summed E-state index contributed by atoms with van der Waals surface area (Å²) < 4.78 is 0. The molecule has 0 rings (SSSR count). The molecule has 0 fully saturated rings. The normalized spacial score (nSPS) is 9.90. The summed E-state index contributed by atoms with van der Waals surface area (Å²) in [5.41, 5.74) is 0. The molecule has 0 saturated heterocycles. The van der Waals surface area contributed by atoms with Crippen LogP contribution in [0, 0.1) is 0 Å². The van der Waals surface area contributed by atoms with E-state index in [0.29, 0.717) is 0 Å². The molecular weight excluding hydrogens is 237 g/mol. The van der Waals surface area contributed by atoms with Crippen LogP contribution in [0.5, 0.6) is 0 Å². The zero-order valence-electron chi connectivity index (χ0n) is 6.30. The third-order valence-electron chi connectivity index (χ3n) is 0.957. The Hall–Kier alpha value is 1.38. The Morgan fingerprint density at radius 2 is 1.10 bits per heavy atom. The summed E-state index contributed by atoms with van der Waals surface area (Å²) in [6.45, 7) is 4.46. The standard InChI is InChI=1S/C6H14.3ClH.Co/c1-3-5-6-4-2;;;;/h3-6H2,1-2H3;3*1H;/q;;;;+3/p-3. The van der Waals surface area contributed by atoms with Crippen LogP contribution in [-0.4, -0.2) is 0 Å². The number of hydrogen-bond acceptors (Lipinski definition) is 0. The molecule has 0 atom stereocenters. The fraction of sp³-hybridized carbons (Fsp3) is 1.00. The molecule has 0 aliphatic carbocycles. The average molecular weight is 251 g/mol. The van der Waals surface area contributed by atoms with E-state index in [9.17, 15) is 0 Å². The van der Waals surface area contributed by atoms with Gasteiger partial charge >= 0.3 is 41.4 Å². The molecule has 0 aliphatic rings. The first-order chi connectivity index (χ1) is 4.65. The summed E-state index contributed by atoms with van der Waals surface area (Å²) >= 11 is 0. The van der Waals surface area contributed by atoms with Gasteiger partial charge in [-0.15, -0.1) is 0 Å². The monoisotopic (exact) mass is 250 g/mol. The Bertz CT molecular complexity index is 43.5. The van der Waals surface area contributed by atoms with E-state index in [1.54, 1.807) is 0 Å². The molecule has 0 heterocycles. The fourth-order valence-corrected chi connectivity index (χ4v) is 0.500. The van der Waals surface area contributed by atoms with Gasteiger partial charge in [-0.3, -0.25) is 0 Å². The van der Waals surface area contributed by atoms with Crippen molar-refractivity contribution in [2.24, 2.45) is 0 Å². The van der Waals surface area contributed by atoms with Crippen molar-refractivity contribution >= 4 is 30.4 Å². The quantitative estimate of drug-likeness (QED) is 0.640. The second kappa shape index (κ2) is 13.0. The van der Waals surface area contributed by atoms with Crippen molar-refractivity contribution in [2.75, 3.05) is 0 Å². The molecule has 0 saturated carbocycles. The molecule has 0 bridgehead atoms. The molecular formula is C6H14Cl3Co. The summed E-state index contributed by atoms with van der Waals surface area (Å²) in [4.78, 5) is 0.